The van der Waals surface area contributed by atoms with E-state index < -0.39 is 0 Å². The van der Waals surface area contributed by atoms with Crippen LogP contribution in [0.3, 0.4) is 0 Å². The molecule has 0 aliphatic heterocycles. The van der Waals surface area contributed by atoms with Crippen LogP contribution >= 0.6 is 0 Å². The van der Waals surface area contributed by atoms with E-state index in [-0.39, 0.29) is 5.60 Å². The highest BCUT2D eigenvalue weighted by atomic mass is 16.5. The van der Waals surface area contributed by atoms with Crippen molar-refractivity contribution in [1.82, 2.24) is 15.1 Å². The summed E-state index contributed by atoms with van der Waals surface area (Å²) in [6.07, 6.45) is 4.95. The molecule has 4 nitrogen and oxygen atoms in total. The molecule has 0 saturated carbocycles. The second kappa shape index (κ2) is 6.01. The summed E-state index contributed by atoms with van der Waals surface area (Å²) in [6, 6.07) is 0. The first-order chi connectivity index (χ1) is 7.53. The zero-order valence-electron chi connectivity index (χ0n) is 10.8. The molecule has 1 rings (SSSR count). The van der Waals surface area contributed by atoms with E-state index in [1.54, 1.807) is 7.11 Å². The van der Waals surface area contributed by atoms with Crippen LogP contribution in [0.25, 0.3) is 0 Å². The van der Waals surface area contributed by atoms with Crippen LogP contribution in [0.4, 0.5) is 0 Å². The molecule has 92 valence electrons. The van der Waals surface area contributed by atoms with Crippen LogP contribution < -0.4 is 5.32 Å². The third-order valence-electron chi connectivity index (χ3n) is 2.74. The maximum atomic E-state index is 5.35. The molecule has 16 heavy (non-hydrogen) atoms. The molecule has 1 aromatic rings. The van der Waals surface area contributed by atoms with Gasteiger partial charge >= 0.3 is 0 Å². The maximum Gasteiger partial charge on any atom is 0.0634 e. The van der Waals surface area contributed by atoms with Crippen molar-refractivity contribution in [2.75, 3.05) is 20.2 Å². The Hall–Kier alpha value is -0.870. The first-order valence-corrected chi connectivity index (χ1v) is 5.78. The van der Waals surface area contributed by atoms with Crippen LogP contribution in [0.1, 0.15) is 25.8 Å². The molecule has 0 radical (unpaired) electrons. The average Bonchev–Trinajstić information content (AvgIpc) is 2.64. The monoisotopic (exact) mass is 225 g/mol. The Morgan fingerprint density at radius 2 is 2.19 bits per heavy atom. The van der Waals surface area contributed by atoms with E-state index >= 15 is 0 Å². The Labute approximate surface area is 98.0 Å². The smallest absolute Gasteiger partial charge is 0.0634 e. The van der Waals surface area contributed by atoms with Crippen LogP contribution in [-0.4, -0.2) is 35.6 Å². The standard InChI is InChI=1S/C12H23N3O/c1-11-9-14-15(10-11)8-7-13-6-5-12(2,3)16-4/h9-10,13H,5-8H2,1-4H3. The van der Waals surface area contributed by atoms with Gasteiger partial charge in [-0.15, -0.1) is 0 Å². The first kappa shape index (κ1) is 13.2. The second-order valence-electron chi connectivity index (χ2n) is 4.74. The van der Waals surface area contributed by atoms with Gasteiger partial charge in [-0.3, -0.25) is 4.68 Å². The number of methoxy groups -OCH3 is 1. The van der Waals surface area contributed by atoms with Gasteiger partial charge in [0.2, 0.25) is 0 Å². The average molecular weight is 225 g/mol. The summed E-state index contributed by atoms with van der Waals surface area (Å²) >= 11 is 0. The molecule has 0 aliphatic rings. The molecule has 0 bridgehead atoms. The van der Waals surface area contributed by atoms with Gasteiger partial charge in [0.15, 0.2) is 0 Å². The lowest BCUT2D eigenvalue weighted by atomic mass is 10.1. The second-order valence-corrected chi connectivity index (χ2v) is 4.74. The van der Waals surface area contributed by atoms with Crippen molar-refractivity contribution in [2.24, 2.45) is 0 Å². The number of nitrogens with one attached hydrogen (secondary N) is 1. The van der Waals surface area contributed by atoms with Gasteiger partial charge in [-0.1, -0.05) is 0 Å². The number of nitrogens with zero attached hydrogens (tertiary/aromatic N) is 2. The molecule has 0 fully saturated rings. The summed E-state index contributed by atoms with van der Waals surface area (Å²) in [4.78, 5) is 0. The van der Waals surface area contributed by atoms with Gasteiger partial charge in [0.25, 0.3) is 0 Å². The lowest BCUT2D eigenvalue weighted by Crippen LogP contribution is -2.30. The van der Waals surface area contributed by atoms with Crippen LogP contribution in [0.15, 0.2) is 12.4 Å². The highest BCUT2D eigenvalue weighted by molar-refractivity contribution is 4.99. The van der Waals surface area contributed by atoms with E-state index in [1.807, 2.05) is 10.9 Å². The zero-order chi connectivity index (χ0) is 12.0. The Morgan fingerprint density at radius 3 is 2.75 bits per heavy atom. The molecular weight excluding hydrogens is 202 g/mol. The van der Waals surface area contributed by atoms with Crippen LogP contribution in [0.5, 0.6) is 0 Å². The lowest BCUT2D eigenvalue weighted by molar-refractivity contribution is 0.0159. The van der Waals surface area contributed by atoms with Crippen molar-refractivity contribution in [1.29, 1.82) is 0 Å². The topological polar surface area (TPSA) is 39.1 Å². The van der Waals surface area contributed by atoms with E-state index in [9.17, 15) is 0 Å². The summed E-state index contributed by atoms with van der Waals surface area (Å²) < 4.78 is 7.31. The molecule has 0 spiro atoms. The predicted molar refractivity (Wildman–Crippen MR) is 65.5 cm³/mol. The zero-order valence-corrected chi connectivity index (χ0v) is 10.8. The third kappa shape index (κ3) is 4.77. The normalized spacial score (nSPS) is 12.0. The van der Waals surface area contributed by atoms with Crippen LogP contribution in [-0.2, 0) is 11.3 Å². The minimum atomic E-state index is -0.0325. The highest BCUT2D eigenvalue weighted by Crippen LogP contribution is 2.11. The molecule has 0 saturated heterocycles. The van der Waals surface area contributed by atoms with Gasteiger partial charge in [0.1, 0.15) is 0 Å². The number of rotatable bonds is 7. The summed E-state index contributed by atoms with van der Waals surface area (Å²) in [5, 5.41) is 7.62. The van der Waals surface area contributed by atoms with Gasteiger partial charge in [-0.2, -0.15) is 5.10 Å². The minimum Gasteiger partial charge on any atom is -0.379 e. The predicted octanol–water partition coefficient (Wildman–Crippen LogP) is 1.60. The van der Waals surface area contributed by atoms with E-state index in [0.717, 1.165) is 26.1 Å². The van der Waals surface area contributed by atoms with Gasteiger partial charge in [0, 0.05) is 19.9 Å². The van der Waals surface area contributed by atoms with Crippen molar-refractivity contribution >= 4 is 0 Å². The number of aryl methyl sites for hydroxylation is 1. The third-order valence-corrected chi connectivity index (χ3v) is 2.74. The number of aromatic nitrogens is 2. The first-order valence-electron chi connectivity index (χ1n) is 5.78. The highest BCUT2D eigenvalue weighted by Gasteiger charge is 2.14. The van der Waals surface area contributed by atoms with E-state index in [2.05, 4.69) is 37.4 Å². The van der Waals surface area contributed by atoms with Crippen LogP contribution in [0, 0.1) is 6.92 Å². The van der Waals surface area contributed by atoms with E-state index in [1.165, 1.54) is 5.56 Å². The number of hydrogen-bond donors (Lipinski definition) is 1. The molecule has 0 aromatic carbocycles. The van der Waals surface area contributed by atoms with Gasteiger partial charge in [-0.25, -0.2) is 0 Å². The van der Waals surface area contributed by atoms with Crippen molar-refractivity contribution < 1.29 is 4.74 Å². The molecule has 0 unspecified atom stereocenters. The van der Waals surface area contributed by atoms with Crippen molar-refractivity contribution in [2.45, 2.75) is 39.3 Å². The number of hydrogen-bond acceptors (Lipinski definition) is 3. The lowest BCUT2D eigenvalue weighted by Gasteiger charge is -2.22. The van der Waals surface area contributed by atoms with Crippen molar-refractivity contribution in [3.8, 4) is 0 Å². The fourth-order valence-corrected chi connectivity index (χ4v) is 1.40. The summed E-state index contributed by atoms with van der Waals surface area (Å²) in [5.41, 5.74) is 1.18. The number of ether oxygens (including phenoxy) is 1. The Balaban J connectivity index is 2.08. The molecule has 0 atom stereocenters. The fourth-order valence-electron chi connectivity index (χ4n) is 1.40. The molecule has 4 heteroatoms. The molecule has 1 aromatic heterocycles. The Kier molecular flexibility index (Phi) is 4.96. The van der Waals surface area contributed by atoms with Gasteiger partial charge in [0.05, 0.1) is 18.3 Å². The molecule has 1 N–H and O–H groups in total. The van der Waals surface area contributed by atoms with E-state index in [4.69, 9.17) is 4.74 Å². The molecular formula is C12H23N3O. The van der Waals surface area contributed by atoms with Crippen molar-refractivity contribution in [3.63, 3.8) is 0 Å². The van der Waals surface area contributed by atoms with Gasteiger partial charge in [-0.05, 0) is 39.3 Å². The molecule has 1 heterocycles. The quantitative estimate of drug-likeness (QED) is 0.716. The minimum absolute atomic E-state index is 0.0325. The molecule has 0 aliphatic carbocycles. The summed E-state index contributed by atoms with van der Waals surface area (Å²) in [6.45, 7) is 9.10. The SMILES string of the molecule is COC(C)(C)CCNCCn1cc(C)cn1. The Morgan fingerprint density at radius 1 is 1.44 bits per heavy atom. The summed E-state index contributed by atoms with van der Waals surface area (Å²) in [5.74, 6) is 0. The molecule has 0 amide bonds. The van der Waals surface area contributed by atoms with Gasteiger partial charge < -0.3 is 10.1 Å². The summed E-state index contributed by atoms with van der Waals surface area (Å²) in [7, 11) is 1.76. The Bertz CT molecular complexity index is 307. The van der Waals surface area contributed by atoms with Crippen molar-refractivity contribution in [3.05, 3.63) is 18.0 Å². The fraction of sp³-hybridized carbons (Fsp3) is 0.750. The largest absolute Gasteiger partial charge is 0.379 e. The van der Waals surface area contributed by atoms with Crippen LogP contribution in [0.2, 0.25) is 0 Å². The van der Waals surface area contributed by atoms with E-state index in [0.29, 0.717) is 0 Å². The maximum absolute atomic E-state index is 5.35.